The lowest BCUT2D eigenvalue weighted by molar-refractivity contribution is -0.384. The van der Waals surface area contributed by atoms with E-state index in [1.165, 1.54) is 36.5 Å². The number of hydrogen-bond acceptors (Lipinski definition) is 6. The van der Waals surface area contributed by atoms with Crippen LogP contribution in [0, 0.1) is 10.1 Å². The Kier molecular flexibility index (Phi) is 5.65. The summed E-state index contributed by atoms with van der Waals surface area (Å²) in [5.74, 6) is -1.14. The lowest BCUT2D eigenvalue weighted by atomic mass is 10.0. The predicted octanol–water partition coefficient (Wildman–Crippen LogP) is 0.954. The number of nitro groups is 1. The number of aromatic nitrogens is 1. The summed E-state index contributed by atoms with van der Waals surface area (Å²) in [6.07, 6.45) is 1.39. The Hall–Kier alpha value is -3.33. The lowest BCUT2D eigenvalue weighted by Gasteiger charge is -2.34. The number of rotatable bonds is 5. The number of ketones is 1. The summed E-state index contributed by atoms with van der Waals surface area (Å²) < 4.78 is 1.09. The second kappa shape index (κ2) is 8.13. The molecule has 0 radical (unpaired) electrons. The average molecular weight is 384 g/mol. The molecule has 2 aromatic rings. The maximum atomic E-state index is 13.2. The predicted molar refractivity (Wildman–Crippen MR) is 101 cm³/mol. The zero-order valence-corrected chi connectivity index (χ0v) is 15.4. The normalized spacial score (nSPS) is 15.8. The summed E-state index contributed by atoms with van der Waals surface area (Å²) in [6.45, 7) is 2.20. The SMILES string of the molecule is CN1CCN(C(=O)C(C(=O)c2cccc([N+](=O)[O-])c2)n2ccccc2=O)CC1. The van der Waals surface area contributed by atoms with Gasteiger partial charge in [0.15, 0.2) is 11.8 Å². The van der Waals surface area contributed by atoms with Crippen LogP contribution < -0.4 is 5.56 Å². The molecule has 0 saturated carbocycles. The number of amides is 1. The third-order valence-corrected chi connectivity index (χ3v) is 4.77. The van der Waals surface area contributed by atoms with Crippen molar-refractivity contribution in [1.29, 1.82) is 0 Å². The van der Waals surface area contributed by atoms with E-state index in [0.717, 1.165) is 10.6 Å². The molecule has 9 heteroatoms. The van der Waals surface area contributed by atoms with Gasteiger partial charge in [0.05, 0.1) is 4.92 Å². The van der Waals surface area contributed by atoms with Crippen molar-refractivity contribution < 1.29 is 14.5 Å². The Bertz CT molecular complexity index is 963. The molecule has 1 aliphatic heterocycles. The van der Waals surface area contributed by atoms with Gasteiger partial charge in [-0.25, -0.2) is 0 Å². The molecule has 9 nitrogen and oxygen atoms in total. The van der Waals surface area contributed by atoms with E-state index in [1.54, 1.807) is 11.0 Å². The fourth-order valence-electron chi connectivity index (χ4n) is 3.14. The number of likely N-dealkylation sites (N-methyl/N-ethyl adjacent to an activating group) is 1. The third kappa shape index (κ3) is 3.99. The van der Waals surface area contributed by atoms with E-state index >= 15 is 0 Å². The van der Waals surface area contributed by atoms with E-state index in [4.69, 9.17) is 0 Å². The summed E-state index contributed by atoms with van der Waals surface area (Å²) in [6, 6.07) is 8.14. The van der Waals surface area contributed by atoms with Crippen molar-refractivity contribution in [2.45, 2.75) is 6.04 Å². The van der Waals surface area contributed by atoms with Gasteiger partial charge in [-0.05, 0) is 13.1 Å². The molecule has 1 saturated heterocycles. The topological polar surface area (TPSA) is 106 Å². The molecule has 0 spiro atoms. The number of non-ortho nitro benzene ring substituents is 1. The van der Waals surface area contributed by atoms with E-state index < -0.39 is 28.2 Å². The lowest BCUT2D eigenvalue weighted by Crippen LogP contribution is -2.51. The molecule has 1 fully saturated rings. The number of carbonyl (C=O) groups is 2. The Morgan fingerprint density at radius 3 is 2.43 bits per heavy atom. The van der Waals surface area contributed by atoms with Gasteiger partial charge in [0, 0.05) is 56.1 Å². The molecule has 146 valence electrons. The van der Waals surface area contributed by atoms with Crippen LogP contribution in [-0.2, 0) is 4.79 Å². The van der Waals surface area contributed by atoms with Crippen molar-refractivity contribution in [3.05, 3.63) is 74.7 Å². The van der Waals surface area contributed by atoms with Gasteiger partial charge in [-0.3, -0.25) is 29.1 Å². The smallest absolute Gasteiger partial charge is 0.270 e. The maximum Gasteiger partial charge on any atom is 0.270 e. The Balaban J connectivity index is 2.01. The number of piperazine rings is 1. The molecule has 1 amide bonds. The quantitative estimate of drug-likeness (QED) is 0.329. The van der Waals surface area contributed by atoms with Crippen molar-refractivity contribution >= 4 is 17.4 Å². The molecule has 1 aromatic carbocycles. The van der Waals surface area contributed by atoms with Crippen LogP contribution in [0.1, 0.15) is 16.4 Å². The number of benzene rings is 1. The fraction of sp³-hybridized carbons (Fsp3) is 0.316. The van der Waals surface area contributed by atoms with Crippen LogP contribution in [0.4, 0.5) is 5.69 Å². The standard InChI is InChI=1S/C19H20N4O5/c1-20-9-11-21(12-10-20)19(26)17(22-8-3-2-7-16(22)24)18(25)14-5-4-6-15(13-14)23(27)28/h2-8,13,17H,9-12H2,1H3. The Morgan fingerprint density at radius 2 is 1.79 bits per heavy atom. The molecule has 3 rings (SSSR count). The van der Waals surface area contributed by atoms with Crippen molar-refractivity contribution in [3.8, 4) is 0 Å². The van der Waals surface area contributed by atoms with E-state index in [-0.39, 0.29) is 11.3 Å². The highest BCUT2D eigenvalue weighted by atomic mass is 16.6. The zero-order valence-electron chi connectivity index (χ0n) is 15.4. The van der Waals surface area contributed by atoms with Gasteiger partial charge >= 0.3 is 0 Å². The second-order valence-electron chi connectivity index (χ2n) is 6.65. The van der Waals surface area contributed by atoms with Crippen LogP contribution in [0.2, 0.25) is 0 Å². The summed E-state index contributed by atoms with van der Waals surface area (Å²) in [5, 5.41) is 11.0. The van der Waals surface area contributed by atoms with Gasteiger partial charge in [0.25, 0.3) is 17.2 Å². The number of carbonyl (C=O) groups excluding carboxylic acids is 2. The van der Waals surface area contributed by atoms with Crippen molar-refractivity contribution in [2.75, 3.05) is 33.2 Å². The van der Waals surface area contributed by atoms with Crippen molar-refractivity contribution in [1.82, 2.24) is 14.4 Å². The monoisotopic (exact) mass is 384 g/mol. The largest absolute Gasteiger partial charge is 0.338 e. The van der Waals surface area contributed by atoms with Gasteiger partial charge in [-0.2, -0.15) is 0 Å². The molecule has 1 aliphatic rings. The van der Waals surface area contributed by atoms with E-state index in [9.17, 15) is 24.5 Å². The van der Waals surface area contributed by atoms with Gasteiger partial charge in [0.1, 0.15) is 0 Å². The molecule has 2 heterocycles. The molecule has 1 atom stereocenters. The van der Waals surface area contributed by atoms with E-state index in [0.29, 0.717) is 26.2 Å². The van der Waals surface area contributed by atoms with Crippen LogP contribution in [-0.4, -0.2) is 64.2 Å². The number of pyridine rings is 1. The van der Waals surface area contributed by atoms with Crippen LogP contribution in [0.25, 0.3) is 0 Å². The highest BCUT2D eigenvalue weighted by Gasteiger charge is 2.35. The first-order valence-electron chi connectivity index (χ1n) is 8.81. The third-order valence-electron chi connectivity index (χ3n) is 4.77. The average Bonchev–Trinajstić information content (AvgIpc) is 2.70. The van der Waals surface area contributed by atoms with E-state index in [2.05, 4.69) is 4.90 Å². The first-order chi connectivity index (χ1) is 13.4. The van der Waals surface area contributed by atoms with Crippen molar-refractivity contribution in [3.63, 3.8) is 0 Å². The highest BCUT2D eigenvalue weighted by Crippen LogP contribution is 2.21. The van der Waals surface area contributed by atoms with E-state index in [1.807, 2.05) is 7.05 Å². The summed E-state index contributed by atoms with van der Waals surface area (Å²) in [4.78, 5) is 52.8. The maximum absolute atomic E-state index is 13.2. The minimum Gasteiger partial charge on any atom is -0.338 e. The van der Waals surface area contributed by atoms with Gasteiger partial charge in [0.2, 0.25) is 0 Å². The Morgan fingerprint density at radius 1 is 1.07 bits per heavy atom. The molecule has 0 bridgehead atoms. The van der Waals surface area contributed by atoms with Crippen LogP contribution in [0.3, 0.4) is 0 Å². The molecule has 1 aromatic heterocycles. The number of nitrogens with zero attached hydrogens (tertiary/aromatic N) is 4. The first kappa shape index (κ1) is 19.4. The molecular formula is C19H20N4O5. The molecule has 0 aliphatic carbocycles. The van der Waals surface area contributed by atoms with Crippen LogP contribution in [0.5, 0.6) is 0 Å². The summed E-state index contributed by atoms with van der Waals surface area (Å²) in [5.41, 5.74) is -0.733. The number of hydrogen-bond donors (Lipinski definition) is 0. The molecule has 28 heavy (non-hydrogen) atoms. The number of nitro benzene ring substituents is 1. The fourth-order valence-corrected chi connectivity index (χ4v) is 3.14. The highest BCUT2D eigenvalue weighted by molar-refractivity contribution is 6.12. The minimum atomic E-state index is -1.40. The number of Topliss-reactive ketones (excluding diaryl/α,β-unsaturated/α-hetero) is 1. The summed E-state index contributed by atoms with van der Waals surface area (Å²) >= 11 is 0. The van der Waals surface area contributed by atoms with Gasteiger partial charge < -0.3 is 9.80 Å². The van der Waals surface area contributed by atoms with Crippen LogP contribution >= 0.6 is 0 Å². The summed E-state index contributed by atoms with van der Waals surface area (Å²) in [7, 11) is 1.94. The second-order valence-corrected chi connectivity index (χ2v) is 6.65. The van der Waals surface area contributed by atoms with Gasteiger partial charge in [-0.15, -0.1) is 0 Å². The molecular weight excluding hydrogens is 364 g/mol. The first-order valence-corrected chi connectivity index (χ1v) is 8.81. The minimum absolute atomic E-state index is 0.0115. The molecule has 0 N–H and O–H groups in total. The Labute approximate surface area is 160 Å². The van der Waals surface area contributed by atoms with Gasteiger partial charge in [-0.1, -0.05) is 18.2 Å². The zero-order chi connectivity index (χ0) is 20.3. The molecule has 1 unspecified atom stereocenters. The van der Waals surface area contributed by atoms with Crippen molar-refractivity contribution in [2.24, 2.45) is 0 Å². The van der Waals surface area contributed by atoms with Crippen LogP contribution in [0.15, 0.2) is 53.5 Å².